The van der Waals surface area contributed by atoms with E-state index in [1.807, 2.05) is 6.07 Å². The van der Waals surface area contributed by atoms with Gasteiger partial charge in [0.15, 0.2) is 0 Å². The Bertz CT molecular complexity index is 700. The summed E-state index contributed by atoms with van der Waals surface area (Å²) in [7, 11) is 0. The van der Waals surface area contributed by atoms with Crippen molar-refractivity contribution in [2.24, 2.45) is 11.8 Å². The van der Waals surface area contributed by atoms with Gasteiger partial charge in [-0.3, -0.25) is 4.90 Å². The number of nitrogens with zero attached hydrogens (tertiary/aromatic N) is 2. The number of carbonyl (C=O) groups is 1. The molecule has 1 aromatic carbocycles. The first kappa shape index (κ1) is 22.5. The van der Waals surface area contributed by atoms with Crippen LogP contribution >= 0.6 is 0 Å². The summed E-state index contributed by atoms with van der Waals surface area (Å²) in [5.74, 6) is 1.15. The second-order valence-corrected chi connectivity index (χ2v) is 9.81. The van der Waals surface area contributed by atoms with Crippen LogP contribution in [0.3, 0.4) is 0 Å². The number of likely N-dealkylation sites (tertiary alicyclic amines) is 2. The van der Waals surface area contributed by atoms with Gasteiger partial charge in [0.2, 0.25) is 0 Å². The van der Waals surface area contributed by atoms with E-state index < -0.39 is 5.67 Å². The highest BCUT2D eigenvalue weighted by Crippen LogP contribution is 2.34. The van der Waals surface area contributed by atoms with E-state index in [4.69, 9.17) is 4.74 Å². The largest absolute Gasteiger partial charge is 0.449 e. The van der Waals surface area contributed by atoms with E-state index in [0.29, 0.717) is 51.0 Å². The van der Waals surface area contributed by atoms with Gasteiger partial charge in [-0.05, 0) is 49.8 Å². The predicted molar refractivity (Wildman–Crippen MR) is 121 cm³/mol. The zero-order chi connectivity index (χ0) is 21.7. The Morgan fingerprint density at radius 3 is 2.52 bits per heavy atom. The zero-order valence-corrected chi connectivity index (χ0v) is 18.9. The lowest BCUT2D eigenvalue weighted by Gasteiger charge is -2.36. The molecule has 2 heterocycles. The zero-order valence-electron chi connectivity index (χ0n) is 18.9. The number of benzene rings is 1. The second-order valence-electron chi connectivity index (χ2n) is 9.81. The average molecular weight is 432 g/mol. The molecule has 2 aliphatic heterocycles. The summed E-state index contributed by atoms with van der Waals surface area (Å²) >= 11 is 0. The summed E-state index contributed by atoms with van der Waals surface area (Å²) < 4.78 is 20.7. The second kappa shape index (κ2) is 10.3. The Hall–Kier alpha value is -1.66. The first-order chi connectivity index (χ1) is 15.0. The molecule has 1 amide bonds. The molecule has 2 atom stereocenters. The molecule has 0 bridgehead atoms. The van der Waals surface area contributed by atoms with Crippen LogP contribution < -0.4 is 5.32 Å². The van der Waals surface area contributed by atoms with Gasteiger partial charge in [0.1, 0.15) is 5.67 Å². The van der Waals surface area contributed by atoms with Crippen LogP contribution in [0, 0.1) is 11.8 Å². The van der Waals surface area contributed by atoms with E-state index in [-0.39, 0.29) is 6.09 Å². The lowest BCUT2D eigenvalue weighted by molar-refractivity contribution is 0.0323. The molecule has 3 aliphatic rings. The van der Waals surface area contributed by atoms with E-state index in [0.717, 1.165) is 38.4 Å². The molecular formula is C25H38FN3O2. The summed E-state index contributed by atoms with van der Waals surface area (Å²) in [6.45, 7) is 7.06. The van der Waals surface area contributed by atoms with E-state index >= 15 is 4.39 Å². The van der Waals surface area contributed by atoms with Gasteiger partial charge < -0.3 is 15.0 Å². The molecule has 0 radical (unpaired) electrons. The molecule has 1 aromatic rings. The standard InChI is InChI=1S/C25H38FN3O2/c1-2-22-16-23(22)27-19-25(26)10-14-29(15-11-25)24(30)31-18-21-8-12-28(13-9-21)17-20-6-4-3-5-7-20/h3-7,21-23,27H,2,8-19H2,1H3/t22-,23-/m1/s1. The monoisotopic (exact) mass is 431 g/mol. The first-order valence-corrected chi connectivity index (χ1v) is 12.1. The van der Waals surface area contributed by atoms with E-state index in [1.165, 1.54) is 18.4 Å². The van der Waals surface area contributed by atoms with Crippen LogP contribution in [-0.2, 0) is 11.3 Å². The minimum atomic E-state index is -1.19. The molecule has 31 heavy (non-hydrogen) atoms. The Morgan fingerprint density at radius 1 is 1.16 bits per heavy atom. The molecule has 6 heteroatoms. The SMILES string of the molecule is CC[C@@H]1C[C@H]1NCC1(F)CCN(C(=O)OCC2CCN(Cc3ccccc3)CC2)CC1. The number of rotatable bonds is 8. The van der Waals surface area contributed by atoms with Gasteiger partial charge in [0.25, 0.3) is 0 Å². The van der Waals surface area contributed by atoms with Crippen LogP contribution in [-0.4, -0.2) is 66.9 Å². The molecule has 0 spiro atoms. The van der Waals surface area contributed by atoms with Gasteiger partial charge in [0, 0.05) is 45.1 Å². The van der Waals surface area contributed by atoms with Crippen molar-refractivity contribution in [2.45, 2.75) is 63.7 Å². The highest BCUT2D eigenvalue weighted by atomic mass is 19.1. The van der Waals surface area contributed by atoms with Crippen molar-refractivity contribution in [1.82, 2.24) is 15.1 Å². The molecule has 4 rings (SSSR count). The normalized spacial score (nSPS) is 26.6. The minimum absolute atomic E-state index is 0.269. The maximum absolute atomic E-state index is 15.1. The van der Waals surface area contributed by atoms with Gasteiger partial charge >= 0.3 is 6.09 Å². The molecule has 5 nitrogen and oxygen atoms in total. The van der Waals surface area contributed by atoms with Gasteiger partial charge in [-0.15, -0.1) is 0 Å². The van der Waals surface area contributed by atoms with Crippen molar-refractivity contribution < 1.29 is 13.9 Å². The Labute approximate surface area is 186 Å². The Kier molecular flexibility index (Phi) is 7.49. The number of hydrogen-bond donors (Lipinski definition) is 1. The Morgan fingerprint density at radius 2 is 1.87 bits per heavy atom. The minimum Gasteiger partial charge on any atom is -0.449 e. The van der Waals surface area contributed by atoms with Crippen molar-refractivity contribution in [1.29, 1.82) is 0 Å². The number of ether oxygens (including phenoxy) is 1. The maximum Gasteiger partial charge on any atom is 0.409 e. The van der Waals surface area contributed by atoms with Crippen LogP contribution in [0.5, 0.6) is 0 Å². The molecule has 172 valence electrons. The number of hydrogen-bond acceptors (Lipinski definition) is 4. The smallest absolute Gasteiger partial charge is 0.409 e. The summed E-state index contributed by atoms with van der Waals surface area (Å²) in [6.07, 6.45) is 4.99. The molecule has 1 aliphatic carbocycles. The molecule has 3 fully saturated rings. The van der Waals surface area contributed by atoms with Gasteiger partial charge in [-0.1, -0.05) is 43.7 Å². The van der Waals surface area contributed by atoms with E-state index in [2.05, 4.69) is 41.4 Å². The molecule has 0 aromatic heterocycles. The fraction of sp³-hybridized carbons (Fsp3) is 0.720. The lowest BCUT2D eigenvalue weighted by atomic mass is 9.93. The predicted octanol–water partition coefficient (Wildman–Crippen LogP) is 4.23. The summed E-state index contributed by atoms with van der Waals surface area (Å²) in [6, 6.07) is 11.1. The van der Waals surface area contributed by atoms with Crippen LogP contribution in [0.15, 0.2) is 30.3 Å². The highest BCUT2D eigenvalue weighted by molar-refractivity contribution is 5.67. The molecular weight excluding hydrogens is 393 g/mol. The number of halogens is 1. The van der Waals surface area contributed by atoms with Crippen molar-refractivity contribution in [3.05, 3.63) is 35.9 Å². The number of alkyl halides is 1. The van der Waals surface area contributed by atoms with Gasteiger partial charge in [0.05, 0.1) is 6.61 Å². The summed E-state index contributed by atoms with van der Waals surface area (Å²) in [4.78, 5) is 16.6. The quantitative estimate of drug-likeness (QED) is 0.669. The molecule has 0 unspecified atom stereocenters. The van der Waals surface area contributed by atoms with Crippen molar-refractivity contribution in [2.75, 3.05) is 39.3 Å². The summed E-state index contributed by atoms with van der Waals surface area (Å²) in [5.41, 5.74) is 0.155. The third-order valence-corrected chi connectivity index (χ3v) is 7.44. The van der Waals surface area contributed by atoms with Crippen molar-refractivity contribution in [3.63, 3.8) is 0 Å². The Balaban J connectivity index is 1.10. The van der Waals surface area contributed by atoms with Crippen LogP contribution in [0.25, 0.3) is 0 Å². The fourth-order valence-corrected chi connectivity index (χ4v) is 4.96. The molecule has 2 saturated heterocycles. The van der Waals surface area contributed by atoms with Crippen LogP contribution in [0.4, 0.5) is 9.18 Å². The number of nitrogens with one attached hydrogen (secondary N) is 1. The van der Waals surface area contributed by atoms with Gasteiger partial charge in [-0.2, -0.15) is 0 Å². The molecule has 1 saturated carbocycles. The summed E-state index contributed by atoms with van der Waals surface area (Å²) in [5, 5.41) is 3.39. The third kappa shape index (κ3) is 6.42. The van der Waals surface area contributed by atoms with E-state index in [1.54, 1.807) is 4.90 Å². The number of piperidine rings is 2. The average Bonchev–Trinajstić information content (AvgIpc) is 3.57. The van der Waals surface area contributed by atoms with Gasteiger partial charge in [-0.25, -0.2) is 9.18 Å². The fourth-order valence-electron chi connectivity index (χ4n) is 4.96. The lowest BCUT2D eigenvalue weighted by Crippen LogP contribution is -2.49. The number of carbonyl (C=O) groups excluding carboxylic acids is 1. The number of amides is 1. The van der Waals surface area contributed by atoms with Crippen LogP contribution in [0.1, 0.15) is 51.0 Å². The van der Waals surface area contributed by atoms with Crippen molar-refractivity contribution in [3.8, 4) is 0 Å². The maximum atomic E-state index is 15.1. The van der Waals surface area contributed by atoms with Crippen molar-refractivity contribution >= 4 is 6.09 Å². The third-order valence-electron chi connectivity index (χ3n) is 7.44. The molecule has 1 N–H and O–H groups in total. The van der Waals surface area contributed by atoms with Crippen LogP contribution in [0.2, 0.25) is 0 Å². The first-order valence-electron chi connectivity index (χ1n) is 12.1. The topological polar surface area (TPSA) is 44.8 Å². The highest BCUT2D eigenvalue weighted by Gasteiger charge is 2.40. The van der Waals surface area contributed by atoms with E-state index in [9.17, 15) is 4.79 Å².